The summed E-state index contributed by atoms with van der Waals surface area (Å²) in [6, 6.07) is 15.2. The van der Waals surface area contributed by atoms with Crippen molar-refractivity contribution in [2.45, 2.75) is 6.42 Å². The highest BCUT2D eigenvalue weighted by Crippen LogP contribution is 2.20. The highest BCUT2D eigenvalue weighted by Gasteiger charge is 2.12. The average molecular weight is 354 g/mol. The van der Waals surface area contributed by atoms with E-state index in [4.69, 9.17) is 0 Å². The van der Waals surface area contributed by atoms with Crippen molar-refractivity contribution in [2.75, 3.05) is 0 Å². The molecule has 0 aliphatic carbocycles. The van der Waals surface area contributed by atoms with E-state index in [1.54, 1.807) is 23.1 Å². The van der Waals surface area contributed by atoms with Crippen LogP contribution in [0, 0.1) is 0 Å². The van der Waals surface area contributed by atoms with Gasteiger partial charge in [-0.3, -0.25) is 9.78 Å². The number of H-pyrrole nitrogens is 1. The molecule has 0 radical (unpaired) electrons. The largest absolute Gasteiger partial charge is 0.329 e. The fraction of sp³-hybridized carbons (Fsp3) is 0.0500. The van der Waals surface area contributed by atoms with Gasteiger partial charge in [0.05, 0.1) is 5.69 Å². The van der Waals surface area contributed by atoms with Gasteiger partial charge in [-0.15, -0.1) is 10.2 Å². The Morgan fingerprint density at radius 1 is 0.963 bits per heavy atom. The minimum Gasteiger partial charge on any atom is -0.329 e. The molecule has 0 saturated carbocycles. The summed E-state index contributed by atoms with van der Waals surface area (Å²) in [5.74, 6) is 0.712. The summed E-state index contributed by atoms with van der Waals surface area (Å²) in [7, 11) is 0. The molecule has 1 aromatic carbocycles. The SMILES string of the molecule is O=c1[nH]ccc2c(Cc3nnc4ccc(-c5cccnc5)nn34)cccc12. The molecular weight excluding hydrogens is 340 g/mol. The minimum atomic E-state index is -0.0996. The maximum Gasteiger partial charge on any atom is 0.255 e. The van der Waals surface area contributed by atoms with E-state index < -0.39 is 0 Å². The molecule has 7 nitrogen and oxygen atoms in total. The Hall–Kier alpha value is -3.87. The molecule has 0 aliphatic heterocycles. The van der Waals surface area contributed by atoms with Crippen molar-refractivity contribution < 1.29 is 0 Å². The first-order chi connectivity index (χ1) is 13.3. The van der Waals surface area contributed by atoms with E-state index in [-0.39, 0.29) is 5.56 Å². The molecule has 0 aliphatic rings. The van der Waals surface area contributed by atoms with Crippen LogP contribution >= 0.6 is 0 Å². The van der Waals surface area contributed by atoms with Crippen molar-refractivity contribution in [3.05, 3.63) is 88.9 Å². The third kappa shape index (κ3) is 2.65. The van der Waals surface area contributed by atoms with E-state index >= 15 is 0 Å². The predicted molar refractivity (Wildman–Crippen MR) is 101 cm³/mol. The van der Waals surface area contributed by atoms with Gasteiger partial charge in [-0.05, 0) is 47.3 Å². The summed E-state index contributed by atoms with van der Waals surface area (Å²) < 4.78 is 1.74. The molecule has 1 N–H and O–H groups in total. The summed E-state index contributed by atoms with van der Waals surface area (Å²) in [5.41, 5.74) is 3.30. The van der Waals surface area contributed by atoms with E-state index in [0.717, 1.165) is 22.2 Å². The van der Waals surface area contributed by atoms with Gasteiger partial charge in [-0.1, -0.05) is 12.1 Å². The van der Waals surface area contributed by atoms with E-state index in [1.807, 2.05) is 48.5 Å². The second-order valence-electron chi connectivity index (χ2n) is 6.21. The maximum absolute atomic E-state index is 12.0. The lowest BCUT2D eigenvalue weighted by Gasteiger charge is -2.06. The Morgan fingerprint density at radius 2 is 1.93 bits per heavy atom. The topological polar surface area (TPSA) is 88.8 Å². The standard InChI is InChI=1S/C20H14N6O/c27-20-16-5-1-3-13(15(16)8-10-22-20)11-19-24-23-18-7-6-17(25-26(18)19)14-4-2-9-21-12-14/h1-10,12H,11H2,(H,22,27). The number of benzene rings is 1. The first-order valence-corrected chi connectivity index (χ1v) is 8.51. The second kappa shape index (κ2) is 6.14. The molecule has 130 valence electrons. The lowest BCUT2D eigenvalue weighted by Crippen LogP contribution is -2.06. The molecule has 0 fully saturated rings. The van der Waals surface area contributed by atoms with E-state index in [0.29, 0.717) is 23.3 Å². The minimum absolute atomic E-state index is 0.0996. The predicted octanol–water partition coefficient (Wildman–Crippen LogP) is 2.62. The average Bonchev–Trinajstić information content (AvgIpc) is 3.12. The van der Waals surface area contributed by atoms with Crippen LogP contribution in [0.4, 0.5) is 0 Å². The van der Waals surface area contributed by atoms with Crippen molar-refractivity contribution in [1.29, 1.82) is 0 Å². The molecule has 0 atom stereocenters. The quantitative estimate of drug-likeness (QED) is 0.538. The van der Waals surface area contributed by atoms with Crippen molar-refractivity contribution >= 4 is 16.4 Å². The van der Waals surface area contributed by atoms with Crippen molar-refractivity contribution in [1.82, 2.24) is 29.8 Å². The van der Waals surface area contributed by atoms with Crippen LogP contribution in [0.25, 0.3) is 27.7 Å². The normalized spacial score (nSPS) is 11.3. The summed E-state index contributed by atoms with van der Waals surface area (Å²) in [5, 5.41) is 14.8. The van der Waals surface area contributed by atoms with Crippen LogP contribution in [0.2, 0.25) is 0 Å². The highest BCUT2D eigenvalue weighted by molar-refractivity contribution is 5.84. The first-order valence-electron chi connectivity index (χ1n) is 8.51. The van der Waals surface area contributed by atoms with Gasteiger partial charge in [0.1, 0.15) is 0 Å². The molecule has 0 spiro atoms. The zero-order valence-electron chi connectivity index (χ0n) is 14.2. The molecule has 5 aromatic rings. The van der Waals surface area contributed by atoms with E-state index in [1.165, 1.54) is 0 Å². The van der Waals surface area contributed by atoms with Crippen LogP contribution in [0.1, 0.15) is 11.4 Å². The first kappa shape index (κ1) is 15.4. The molecule has 0 saturated heterocycles. The zero-order valence-corrected chi connectivity index (χ0v) is 14.2. The lowest BCUT2D eigenvalue weighted by molar-refractivity contribution is 0.843. The van der Waals surface area contributed by atoms with E-state index in [9.17, 15) is 4.79 Å². The van der Waals surface area contributed by atoms with Gasteiger partial charge in [0.25, 0.3) is 5.56 Å². The smallest absolute Gasteiger partial charge is 0.255 e. The number of aromatic nitrogens is 6. The summed E-state index contributed by atoms with van der Waals surface area (Å²) in [6.07, 6.45) is 5.68. The Morgan fingerprint density at radius 3 is 2.81 bits per heavy atom. The third-order valence-electron chi connectivity index (χ3n) is 4.54. The molecule has 7 heteroatoms. The number of hydrogen-bond donors (Lipinski definition) is 1. The molecule has 5 rings (SSSR count). The summed E-state index contributed by atoms with van der Waals surface area (Å²) in [4.78, 5) is 18.9. The van der Waals surface area contributed by atoms with Gasteiger partial charge in [0, 0.05) is 36.0 Å². The van der Waals surface area contributed by atoms with Gasteiger partial charge in [0.15, 0.2) is 11.5 Å². The number of fused-ring (bicyclic) bond motifs is 2. The van der Waals surface area contributed by atoms with E-state index in [2.05, 4.69) is 25.3 Å². The number of hydrogen-bond acceptors (Lipinski definition) is 5. The third-order valence-corrected chi connectivity index (χ3v) is 4.54. The molecule has 0 amide bonds. The van der Waals surface area contributed by atoms with Crippen LogP contribution in [0.3, 0.4) is 0 Å². The maximum atomic E-state index is 12.0. The van der Waals surface area contributed by atoms with Crippen LogP contribution < -0.4 is 5.56 Å². The van der Waals surface area contributed by atoms with Crippen LogP contribution in [0.15, 0.2) is 71.9 Å². The van der Waals surface area contributed by atoms with Gasteiger partial charge in [-0.2, -0.15) is 9.61 Å². The van der Waals surface area contributed by atoms with Gasteiger partial charge >= 0.3 is 0 Å². The fourth-order valence-corrected chi connectivity index (χ4v) is 3.22. The summed E-state index contributed by atoms with van der Waals surface area (Å²) in [6.45, 7) is 0. The monoisotopic (exact) mass is 354 g/mol. The second-order valence-corrected chi connectivity index (χ2v) is 6.21. The van der Waals surface area contributed by atoms with Crippen molar-refractivity contribution in [2.24, 2.45) is 0 Å². The van der Waals surface area contributed by atoms with Crippen LogP contribution in [-0.4, -0.2) is 29.8 Å². The zero-order chi connectivity index (χ0) is 18.2. The summed E-state index contributed by atoms with van der Waals surface area (Å²) >= 11 is 0. The Bertz CT molecular complexity index is 1320. The molecule has 0 bridgehead atoms. The van der Waals surface area contributed by atoms with Crippen molar-refractivity contribution in [3.8, 4) is 11.3 Å². The number of aromatic amines is 1. The Balaban J connectivity index is 1.62. The molecule has 4 heterocycles. The van der Waals surface area contributed by atoms with Gasteiger partial charge in [-0.25, -0.2) is 0 Å². The van der Waals surface area contributed by atoms with Crippen LogP contribution in [-0.2, 0) is 6.42 Å². The number of rotatable bonds is 3. The molecule has 0 unspecified atom stereocenters. The van der Waals surface area contributed by atoms with Crippen molar-refractivity contribution in [3.63, 3.8) is 0 Å². The highest BCUT2D eigenvalue weighted by atomic mass is 16.1. The Kier molecular flexibility index (Phi) is 3.50. The van der Waals surface area contributed by atoms with Crippen LogP contribution in [0.5, 0.6) is 0 Å². The Labute approximate surface area is 153 Å². The lowest BCUT2D eigenvalue weighted by atomic mass is 10.0. The van der Waals surface area contributed by atoms with Gasteiger partial charge < -0.3 is 4.98 Å². The fourth-order valence-electron chi connectivity index (χ4n) is 3.22. The van der Waals surface area contributed by atoms with Gasteiger partial charge in [0.2, 0.25) is 0 Å². The molecule has 27 heavy (non-hydrogen) atoms. The molecule has 4 aromatic heterocycles. The number of pyridine rings is 2. The molecular formula is C20H14N6O. The number of nitrogens with one attached hydrogen (secondary N) is 1. The number of nitrogens with zero attached hydrogens (tertiary/aromatic N) is 5.